The molecular weight excluding hydrogens is 262 g/mol. The van der Waals surface area contributed by atoms with Crippen molar-refractivity contribution in [3.63, 3.8) is 0 Å². The molecule has 4 heteroatoms. The first-order valence-corrected chi connectivity index (χ1v) is 6.87. The SMILES string of the molecule is O=C(O)c1ccc(CC2CCCC/C=C\C2(F)F)cc1. The molecule has 0 aromatic heterocycles. The summed E-state index contributed by atoms with van der Waals surface area (Å²) in [6.07, 6.45) is 5.84. The lowest BCUT2D eigenvalue weighted by Gasteiger charge is -2.26. The fraction of sp³-hybridized carbons (Fsp3) is 0.438. The number of hydrogen-bond acceptors (Lipinski definition) is 1. The highest BCUT2D eigenvalue weighted by atomic mass is 19.3. The Kier molecular flexibility index (Phi) is 4.53. The van der Waals surface area contributed by atoms with Crippen molar-refractivity contribution in [2.45, 2.75) is 38.0 Å². The largest absolute Gasteiger partial charge is 0.478 e. The summed E-state index contributed by atoms with van der Waals surface area (Å²) in [5.74, 6) is -4.50. The van der Waals surface area contributed by atoms with Crippen molar-refractivity contribution in [3.05, 3.63) is 47.5 Å². The van der Waals surface area contributed by atoms with E-state index in [1.165, 1.54) is 12.1 Å². The Labute approximate surface area is 117 Å². The Balaban J connectivity index is 2.12. The molecular formula is C16H18F2O2. The molecule has 1 aliphatic carbocycles. The third kappa shape index (κ3) is 3.65. The molecule has 108 valence electrons. The van der Waals surface area contributed by atoms with Crippen LogP contribution in [-0.4, -0.2) is 17.0 Å². The van der Waals surface area contributed by atoms with E-state index in [0.29, 0.717) is 6.42 Å². The summed E-state index contributed by atoms with van der Waals surface area (Å²) in [4.78, 5) is 10.8. The van der Waals surface area contributed by atoms with Gasteiger partial charge >= 0.3 is 5.97 Å². The van der Waals surface area contributed by atoms with E-state index in [-0.39, 0.29) is 12.0 Å². The molecule has 1 unspecified atom stereocenters. The van der Waals surface area contributed by atoms with Crippen LogP contribution in [0.4, 0.5) is 8.78 Å². The van der Waals surface area contributed by atoms with E-state index in [2.05, 4.69) is 0 Å². The van der Waals surface area contributed by atoms with Crippen LogP contribution in [0.15, 0.2) is 36.4 Å². The number of hydrogen-bond donors (Lipinski definition) is 1. The number of alkyl halides is 2. The maximum atomic E-state index is 14.0. The summed E-state index contributed by atoms with van der Waals surface area (Å²) in [7, 11) is 0. The van der Waals surface area contributed by atoms with Crippen molar-refractivity contribution in [2.24, 2.45) is 5.92 Å². The van der Waals surface area contributed by atoms with Gasteiger partial charge in [0.1, 0.15) is 0 Å². The molecule has 0 heterocycles. The van der Waals surface area contributed by atoms with E-state index >= 15 is 0 Å². The molecule has 0 aliphatic heterocycles. The van der Waals surface area contributed by atoms with Gasteiger partial charge in [0, 0.05) is 5.92 Å². The predicted octanol–water partition coefficient (Wildman–Crippen LogP) is 4.31. The second-order valence-electron chi connectivity index (χ2n) is 5.26. The first-order chi connectivity index (χ1) is 9.49. The molecule has 2 rings (SSSR count). The van der Waals surface area contributed by atoms with E-state index in [1.807, 2.05) is 0 Å². The Hall–Kier alpha value is -1.71. The highest BCUT2D eigenvalue weighted by Gasteiger charge is 2.36. The molecule has 20 heavy (non-hydrogen) atoms. The van der Waals surface area contributed by atoms with Gasteiger partial charge in [-0.2, -0.15) is 0 Å². The molecule has 1 aliphatic rings. The lowest BCUT2D eigenvalue weighted by atomic mass is 9.86. The van der Waals surface area contributed by atoms with Crippen LogP contribution in [-0.2, 0) is 6.42 Å². The molecule has 1 aromatic rings. The topological polar surface area (TPSA) is 37.3 Å². The molecule has 1 atom stereocenters. The Morgan fingerprint density at radius 1 is 1.25 bits per heavy atom. The van der Waals surface area contributed by atoms with Crippen molar-refractivity contribution in [1.29, 1.82) is 0 Å². The maximum absolute atomic E-state index is 14.0. The van der Waals surface area contributed by atoms with Crippen molar-refractivity contribution >= 4 is 5.97 Å². The molecule has 0 saturated heterocycles. The fourth-order valence-electron chi connectivity index (χ4n) is 2.53. The molecule has 0 fully saturated rings. The van der Waals surface area contributed by atoms with Crippen molar-refractivity contribution in [3.8, 4) is 0 Å². The highest BCUT2D eigenvalue weighted by molar-refractivity contribution is 5.87. The number of carbonyl (C=O) groups is 1. The van der Waals surface area contributed by atoms with Crippen LogP contribution in [0.1, 0.15) is 41.6 Å². The summed E-state index contributed by atoms with van der Waals surface area (Å²) in [6, 6.07) is 6.19. The lowest BCUT2D eigenvalue weighted by Crippen LogP contribution is -2.28. The zero-order valence-corrected chi connectivity index (χ0v) is 11.2. The zero-order valence-electron chi connectivity index (χ0n) is 11.2. The second kappa shape index (κ2) is 6.16. The summed E-state index contributed by atoms with van der Waals surface area (Å²) >= 11 is 0. The van der Waals surface area contributed by atoms with Crippen LogP contribution in [0, 0.1) is 5.92 Å². The van der Waals surface area contributed by atoms with Crippen LogP contribution < -0.4 is 0 Å². The van der Waals surface area contributed by atoms with Gasteiger partial charge < -0.3 is 5.11 Å². The summed E-state index contributed by atoms with van der Waals surface area (Å²) in [5.41, 5.74) is 0.937. The summed E-state index contributed by atoms with van der Waals surface area (Å²) < 4.78 is 28.0. The smallest absolute Gasteiger partial charge is 0.335 e. The van der Waals surface area contributed by atoms with Crippen LogP contribution in [0.2, 0.25) is 0 Å². The number of carboxylic acids is 1. The average molecular weight is 280 g/mol. The third-order valence-corrected chi connectivity index (χ3v) is 3.74. The maximum Gasteiger partial charge on any atom is 0.335 e. The van der Waals surface area contributed by atoms with Crippen LogP contribution in [0.5, 0.6) is 0 Å². The van der Waals surface area contributed by atoms with Gasteiger partial charge in [-0.05, 0) is 49.5 Å². The standard InChI is InChI=1S/C16H18F2O2/c17-16(18)10-4-2-1-3-5-14(16)11-12-6-8-13(9-7-12)15(19)20/h4,6-10,14H,1-3,5,11H2,(H,19,20)/b10-4-. The number of rotatable bonds is 3. The molecule has 0 saturated carbocycles. The van der Waals surface area contributed by atoms with Crippen molar-refractivity contribution in [1.82, 2.24) is 0 Å². The van der Waals surface area contributed by atoms with E-state index in [1.54, 1.807) is 18.2 Å². The number of allylic oxidation sites excluding steroid dienone is 2. The van der Waals surface area contributed by atoms with Gasteiger partial charge in [0.2, 0.25) is 0 Å². The fourth-order valence-corrected chi connectivity index (χ4v) is 2.53. The van der Waals surface area contributed by atoms with Crippen LogP contribution in [0.3, 0.4) is 0 Å². The predicted molar refractivity (Wildman–Crippen MR) is 73.2 cm³/mol. The van der Waals surface area contributed by atoms with Gasteiger partial charge in [0.25, 0.3) is 5.92 Å². The third-order valence-electron chi connectivity index (χ3n) is 3.74. The molecule has 0 amide bonds. The summed E-state index contributed by atoms with van der Waals surface area (Å²) in [6.45, 7) is 0. The summed E-state index contributed by atoms with van der Waals surface area (Å²) in [5, 5.41) is 8.82. The molecule has 1 N–H and O–H groups in total. The van der Waals surface area contributed by atoms with E-state index in [0.717, 1.165) is 30.9 Å². The minimum absolute atomic E-state index is 0.179. The second-order valence-corrected chi connectivity index (χ2v) is 5.26. The zero-order chi connectivity index (χ0) is 14.6. The minimum Gasteiger partial charge on any atom is -0.478 e. The Morgan fingerprint density at radius 2 is 1.95 bits per heavy atom. The van der Waals surface area contributed by atoms with Crippen LogP contribution >= 0.6 is 0 Å². The quantitative estimate of drug-likeness (QED) is 0.838. The highest BCUT2D eigenvalue weighted by Crippen LogP contribution is 2.35. The number of halogens is 2. The number of carboxylic acid groups (broad SMARTS) is 1. The minimum atomic E-state index is -2.79. The molecule has 1 aromatic carbocycles. The number of benzene rings is 1. The van der Waals surface area contributed by atoms with Gasteiger partial charge in [-0.1, -0.05) is 24.6 Å². The monoisotopic (exact) mass is 280 g/mol. The number of aromatic carboxylic acids is 1. The van der Waals surface area contributed by atoms with Gasteiger partial charge in [-0.3, -0.25) is 0 Å². The van der Waals surface area contributed by atoms with E-state index < -0.39 is 17.8 Å². The van der Waals surface area contributed by atoms with E-state index in [9.17, 15) is 13.6 Å². The molecule has 0 radical (unpaired) electrons. The first-order valence-electron chi connectivity index (χ1n) is 6.87. The normalized spacial score (nSPS) is 23.6. The van der Waals surface area contributed by atoms with Crippen molar-refractivity contribution in [2.75, 3.05) is 0 Å². The molecule has 0 bridgehead atoms. The van der Waals surface area contributed by atoms with Crippen LogP contribution in [0.25, 0.3) is 0 Å². The van der Waals surface area contributed by atoms with Crippen molar-refractivity contribution < 1.29 is 18.7 Å². The Bertz CT molecular complexity index is 492. The van der Waals surface area contributed by atoms with Gasteiger partial charge in [0.05, 0.1) is 5.56 Å². The molecule has 2 nitrogen and oxygen atoms in total. The van der Waals surface area contributed by atoms with Gasteiger partial charge in [-0.15, -0.1) is 0 Å². The Morgan fingerprint density at radius 3 is 2.60 bits per heavy atom. The average Bonchev–Trinajstić information content (AvgIpc) is 2.40. The first kappa shape index (κ1) is 14.7. The van der Waals surface area contributed by atoms with E-state index in [4.69, 9.17) is 5.11 Å². The lowest BCUT2D eigenvalue weighted by molar-refractivity contribution is -0.0151. The van der Waals surface area contributed by atoms with Gasteiger partial charge in [-0.25, -0.2) is 13.6 Å². The molecule has 0 spiro atoms. The van der Waals surface area contributed by atoms with Gasteiger partial charge in [0.15, 0.2) is 0 Å².